The Kier molecular flexibility index (Phi) is 9.25. The molecule has 0 radical (unpaired) electrons. The Morgan fingerprint density at radius 3 is 1.80 bits per heavy atom. The third kappa shape index (κ3) is 6.97. The van der Waals surface area contributed by atoms with Gasteiger partial charge in [0.15, 0.2) is 24.8 Å². The minimum absolute atomic E-state index is 0.00799. The molecule has 0 amide bonds. The molecule has 0 N–H and O–H groups in total. The molecular weight excluding hydrogens is 520 g/mol. The van der Waals surface area contributed by atoms with Gasteiger partial charge in [0, 0.05) is 12.7 Å². The third-order valence-electron chi connectivity index (χ3n) is 6.45. The van der Waals surface area contributed by atoms with Crippen molar-refractivity contribution in [3.05, 3.63) is 108 Å². The number of rotatable bonds is 8. The van der Waals surface area contributed by atoms with Crippen molar-refractivity contribution in [3.63, 3.8) is 0 Å². The lowest BCUT2D eigenvalue weighted by Gasteiger charge is -2.47. The first-order chi connectivity index (χ1) is 19.6. The molecule has 2 aliphatic rings. The molecule has 3 aromatic rings. The quantitative estimate of drug-likeness (QED) is 0.359. The minimum atomic E-state index is -1.23. The zero-order chi connectivity index (χ0) is 27.7. The topological polar surface area (TPSA) is 108 Å². The molecule has 0 aromatic heterocycles. The minimum Gasteiger partial charge on any atom is -0.429 e. The fraction of sp³-hybridized carbons (Fsp3) is 0.333. The van der Waals surface area contributed by atoms with Gasteiger partial charge in [0.25, 0.3) is 0 Å². The van der Waals surface area contributed by atoms with Crippen molar-refractivity contribution in [1.29, 1.82) is 0 Å². The lowest BCUT2D eigenvalue weighted by atomic mass is 9.97. The first-order valence-electron chi connectivity index (χ1n) is 12.9. The van der Waals surface area contributed by atoms with Crippen molar-refractivity contribution in [3.8, 4) is 0 Å². The molecule has 0 saturated carbocycles. The van der Waals surface area contributed by atoms with Crippen LogP contribution in [0.3, 0.4) is 0 Å². The second-order valence-electron chi connectivity index (χ2n) is 9.17. The summed E-state index contributed by atoms with van der Waals surface area (Å²) in [6.07, 6.45) is -7.77. The van der Waals surface area contributed by atoms with Gasteiger partial charge in [-0.05, 0) is 11.1 Å². The van der Waals surface area contributed by atoms with Crippen molar-refractivity contribution in [1.82, 2.24) is 0 Å². The van der Waals surface area contributed by atoms with E-state index >= 15 is 0 Å². The van der Waals surface area contributed by atoms with Crippen LogP contribution in [0.25, 0.3) is 0 Å². The monoisotopic (exact) mass is 550 g/mol. The van der Waals surface area contributed by atoms with Gasteiger partial charge in [-0.15, -0.1) is 0 Å². The zero-order valence-corrected chi connectivity index (χ0v) is 21.8. The maximum absolute atomic E-state index is 12.9. The summed E-state index contributed by atoms with van der Waals surface area (Å²) in [7, 11) is 1.39. The van der Waals surface area contributed by atoms with Crippen LogP contribution in [-0.2, 0) is 51.1 Å². The molecule has 210 valence electrons. The lowest BCUT2D eigenvalue weighted by molar-refractivity contribution is -0.358. The van der Waals surface area contributed by atoms with E-state index in [0.29, 0.717) is 0 Å². The summed E-state index contributed by atoms with van der Waals surface area (Å²) in [6, 6.07) is 27.6. The van der Waals surface area contributed by atoms with E-state index in [1.54, 1.807) is 0 Å². The average molecular weight is 551 g/mol. The van der Waals surface area contributed by atoms with Gasteiger partial charge in [-0.1, -0.05) is 91.0 Å². The van der Waals surface area contributed by atoms with Crippen molar-refractivity contribution in [2.24, 2.45) is 0 Å². The SMILES string of the molecule is CO[C@H]1O[C@@H]2COC(c3ccccc3)O[C@H]2[C@H](OC(=O)OCc2ccccc2)[C@H]1OC(=O)OCc1ccccc1. The molecule has 2 heterocycles. The molecule has 40 heavy (non-hydrogen) atoms. The van der Waals surface area contributed by atoms with Crippen LogP contribution >= 0.6 is 0 Å². The highest BCUT2D eigenvalue weighted by Gasteiger charge is 2.54. The van der Waals surface area contributed by atoms with E-state index in [2.05, 4.69) is 0 Å². The number of carbonyl (C=O) groups excluding carboxylic acids is 2. The van der Waals surface area contributed by atoms with Crippen LogP contribution in [0, 0.1) is 0 Å². The van der Waals surface area contributed by atoms with E-state index in [4.69, 9.17) is 37.9 Å². The molecule has 5 rings (SSSR count). The van der Waals surface area contributed by atoms with E-state index in [-0.39, 0.29) is 19.8 Å². The van der Waals surface area contributed by atoms with Crippen LogP contribution in [0.4, 0.5) is 9.59 Å². The maximum atomic E-state index is 12.9. The summed E-state index contributed by atoms with van der Waals surface area (Å²) in [5, 5.41) is 0. The predicted octanol–water partition coefficient (Wildman–Crippen LogP) is 4.92. The summed E-state index contributed by atoms with van der Waals surface area (Å²) in [6.45, 7) is 0.0993. The lowest BCUT2D eigenvalue weighted by Crippen LogP contribution is -2.64. The molecule has 1 unspecified atom stereocenters. The van der Waals surface area contributed by atoms with E-state index < -0.39 is 49.3 Å². The summed E-state index contributed by atoms with van der Waals surface area (Å²) >= 11 is 0. The standard InChI is InChI=1S/C30H30O10/c1-33-28-26(40-30(32)36-18-21-13-7-3-8-14-21)25(39-29(31)35-17-20-11-5-2-6-12-20)24-23(37-28)19-34-27(38-24)22-15-9-4-10-16-22/h2-16,23-28H,17-19H2,1H3/t23-,24-,25+,26-,27?,28+/m1/s1. The fourth-order valence-electron chi connectivity index (χ4n) is 4.50. The Bertz CT molecular complexity index is 1220. The molecule has 0 spiro atoms. The highest BCUT2D eigenvalue weighted by atomic mass is 16.8. The van der Waals surface area contributed by atoms with Gasteiger partial charge in [-0.25, -0.2) is 9.59 Å². The van der Waals surface area contributed by atoms with E-state index in [9.17, 15) is 9.59 Å². The fourth-order valence-corrected chi connectivity index (χ4v) is 4.50. The van der Waals surface area contributed by atoms with Crippen LogP contribution in [0.1, 0.15) is 23.0 Å². The Morgan fingerprint density at radius 1 is 0.725 bits per heavy atom. The molecule has 3 aromatic carbocycles. The van der Waals surface area contributed by atoms with Crippen molar-refractivity contribution < 1.29 is 47.5 Å². The normalized spacial score (nSPS) is 25.7. The van der Waals surface area contributed by atoms with Crippen molar-refractivity contribution in [2.75, 3.05) is 13.7 Å². The molecule has 10 nitrogen and oxygen atoms in total. The summed E-state index contributed by atoms with van der Waals surface area (Å²) < 4.78 is 45.6. The number of hydrogen-bond acceptors (Lipinski definition) is 10. The zero-order valence-electron chi connectivity index (χ0n) is 21.8. The summed E-state index contributed by atoms with van der Waals surface area (Å²) in [5.41, 5.74) is 2.32. The van der Waals surface area contributed by atoms with E-state index in [0.717, 1.165) is 16.7 Å². The molecule has 10 heteroatoms. The Morgan fingerprint density at radius 2 is 1.25 bits per heavy atom. The number of methoxy groups -OCH3 is 1. The largest absolute Gasteiger partial charge is 0.509 e. The number of carbonyl (C=O) groups is 2. The number of hydrogen-bond donors (Lipinski definition) is 0. The van der Waals surface area contributed by atoms with E-state index in [1.165, 1.54) is 7.11 Å². The van der Waals surface area contributed by atoms with Gasteiger partial charge in [0.05, 0.1) is 6.61 Å². The first-order valence-corrected chi connectivity index (χ1v) is 12.9. The molecule has 2 saturated heterocycles. The molecule has 0 bridgehead atoms. The summed E-state index contributed by atoms with van der Waals surface area (Å²) in [4.78, 5) is 25.6. The van der Waals surface area contributed by atoms with Crippen LogP contribution in [0.5, 0.6) is 0 Å². The second kappa shape index (κ2) is 13.4. The van der Waals surface area contributed by atoms with Gasteiger partial charge >= 0.3 is 12.3 Å². The van der Waals surface area contributed by atoms with Crippen molar-refractivity contribution in [2.45, 2.75) is 50.2 Å². The molecule has 2 fully saturated rings. The smallest absolute Gasteiger partial charge is 0.429 e. The third-order valence-corrected chi connectivity index (χ3v) is 6.45. The van der Waals surface area contributed by atoms with Gasteiger partial charge in [0.1, 0.15) is 25.4 Å². The van der Waals surface area contributed by atoms with Crippen LogP contribution < -0.4 is 0 Å². The van der Waals surface area contributed by atoms with Gasteiger partial charge in [-0.2, -0.15) is 0 Å². The second-order valence-corrected chi connectivity index (χ2v) is 9.17. The predicted molar refractivity (Wildman–Crippen MR) is 139 cm³/mol. The Balaban J connectivity index is 1.33. The van der Waals surface area contributed by atoms with Gasteiger partial charge in [0.2, 0.25) is 0 Å². The number of benzene rings is 3. The van der Waals surface area contributed by atoms with Gasteiger partial charge < -0.3 is 37.9 Å². The number of ether oxygens (including phenoxy) is 8. The maximum Gasteiger partial charge on any atom is 0.509 e. The van der Waals surface area contributed by atoms with Crippen LogP contribution in [0.15, 0.2) is 91.0 Å². The van der Waals surface area contributed by atoms with Crippen LogP contribution in [-0.4, -0.2) is 56.7 Å². The Labute approximate surface area is 231 Å². The highest BCUT2D eigenvalue weighted by molar-refractivity contribution is 5.62. The molecule has 2 aliphatic heterocycles. The van der Waals surface area contributed by atoms with Crippen LogP contribution in [0.2, 0.25) is 0 Å². The first kappa shape index (κ1) is 27.6. The average Bonchev–Trinajstić information content (AvgIpc) is 3.01. The molecular formula is C30H30O10. The Hall–Kier alpha value is -3.96. The van der Waals surface area contributed by atoms with Gasteiger partial charge in [-0.3, -0.25) is 0 Å². The number of fused-ring (bicyclic) bond motifs is 1. The molecule has 6 atom stereocenters. The van der Waals surface area contributed by atoms with Crippen molar-refractivity contribution >= 4 is 12.3 Å². The molecule has 0 aliphatic carbocycles. The van der Waals surface area contributed by atoms with E-state index in [1.807, 2.05) is 91.0 Å². The summed E-state index contributed by atoms with van der Waals surface area (Å²) in [5.74, 6) is 0. The highest BCUT2D eigenvalue weighted by Crippen LogP contribution is 2.37.